The van der Waals surface area contributed by atoms with Gasteiger partial charge < -0.3 is 9.32 Å². The van der Waals surface area contributed by atoms with E-state index in [0.717, 1.165) is 31.4 Å². The number of hydrogen-bond donors (Lipinski definition) is 0. The highest BCUT2D eigenvalue weighted by atomic mass is 16.4. The number of rotatable bonds is 4. The minimum atomic E-state index is 0.116. The molecule has 0 saturated carbocycles. The Balaban J connectivity index is 1.85. The van der Waals surface area contributed by atoms with Gasteiger partial charge in [-0.2, -0.15) is 0 Å². The minimum absolute atomic E-state index is 0.116. The molecule has 1 atom stereocenters. The first-order valence-corrected chi connectivity index (χ1v) is 9.26. The van der Waals surface area contributed by atoms with Crippen molar-refractivity contribution >= 4 is 5.91 Å². The minimum Gasteiger partial charge on any atom is -0.421 e. The van der Waals surface area contributed by atoms with Crippen LogP contribution in [0.4, 0.5) is 0 Å². The Kier molecular flexibility index (Phi) is 5.51. The van der Waals surface area contributed by atoms with E-state index in [4.69, 9.17) is 4.42 Å². The van der Waals surface area contributed by atoms with Crippen molar-refractivity contribution in [3.05, 3.63) is 35.7 Å². The van der Waals surface area contributed by atoms with E-state index in [9.17, 15) is 4.79 Å². The normalized spacial score (nSPS) is 18.4. The van der Waals surface area contributed by atoms with Crippen molar-refractivity contribution in [2.24, 2.45) is 5.92 Å². The summed E-state index contributed by atoms with van der Waals surface area (Å²) in [6, 6.07) is 7.87. The third-order valence-corrected chi connectivity index (χ3v) is 4.76. The topological polar surface area (TPSA) is 59.2 Å². The van der Waals surface area contributed by atoms with Gasteiger partial charge in [-0.25, -0.2) is 0 Å². The van der Waals surface area contributed by atoms with Gasteiger partial charge in [-0.05, 0) is 43.4 Å². The highest BCUT2D eigenvalue weighted by Gasteiger charge is 2.27. The highest BCUT2D eigenvalue weighted by molar-refractivity contribution is 5.95. The Morgan fingerprint density at radius 1 is 1.28 bits per heavy atom. The van der Waals surface area contributed by atoms with Gasteiger partial charge in [0.1, 0.15) is 0 Å². The van der Waals surface area contributed by atoms with Gasteiger partial charge in [0.05, 0.1) is 0 Å². The van der Waals surface area contributed by atoms with Crippen molar-refractivity contribution in [1.82, 2.24) is 15.1 Å². The first-order valence-electron chi connectivity index (χ1n) is 9.26. The standard InChI is InChI=1S/C20H27N3O2/c1-14(2)12-18-10-5-4-6-11-23(18)20(24)17-9-7-8-16(13-17)19-22-21-15(3)25-19/h7-9,13-14,18H,4-6,10-12H2,1-3H3/t18-/m0/s1. The van der Waals surface area contributed by atoms with Crippen LogP contribution in [0.15, 0.2) is 28.7 Å². The lowest BCUT2D eigenvalue weighted by Crippen LogP contribution is -2.40. The fourth-order valence-electron chi connectivity index (χ4n) is 3.60. The lowest BCUT2D eigenvalue weighted by Gasteiger charge is -2.31. The number of aryl methyl sites for hydroxylation is 1. The maximum absolute atomic E-state index is 13.2. The molecule has 1 fully saturated rings. The molecule has 3 rings (SSSR count). The molecule has 0 aliphatic carbocycles. The van der Waals surface area contributed by atoms with E-state index in [1.165, 1.54) is 12.8 Å². The number of likely N-dealkylation sites (tertiary alicyclic amines) is 1. The summed E-state index contributed by atoms with van der Waals surface area (Å²) in [5.41, 5.74) is 1.49. The summed E-state index contributed by atoms with van der Waals surface area (Å²) in [5, 5.41) is 7.93. The molecule has 5 nitrogen and oxygen atoms in total. The van der Waals surface area contributed by atoms with Crippen LogP contribution in [0, 0.1) is 12.8 Å². The summed E-state index contributed by atoms with van der Waals surface area (Å²) in [4.78, 5) is 15.3. The van der Waals surface area contributed by atoms with Gasteiger partial charge in [0.2, 0.25) is 11.8 Å². The van der Waals surface area contributed by atoms with Crippen molar-refractivity contribution in [3.63, 3.8) is 0 Å². The zero-order chi connectivity index (χ0) is 17.8. The fraction of sp³-hybridized carbons (Fsp3) is 0.550. The fourth-order valence-corrected chi connectivity index (χ4v) is 3.60. The predicted octanol–water partition coefficient (Wildman–Crippen LogP) is 4.48. The molecule has 0 unspecified atom stereocenters. The van der Waals surface area contributed by atoms with Crippen molar-refractivity contribution < 1.29 is 9.21 Å². The first-order chi connectivity index (χ1) is 12.0. The molecule has 25 heavy (non-hydrogen) atoms. The van der Waals surface area contributed by atoms with Crippen LogP contribution in [0.1, 0.15) is 62.2 Å². The van der Waals surface area contributed by atoms with E-state index in [0.29, 0.717) is 29.3 Å². The summed E-state index contributed by atoms with van der Waals surface area (Å²) in [6.07, 6.45) is 5.67. The lowest BCUT2D eigenvalue weighted by atomic mass is 9.98. The third-order valence-electron chi connectivity index (χ3n) is 4.76. The second-order valence-corrected chi connectivity index (χ2v) is 7.34. The number of hydrogen-bond acceptors (Lipinski definition) is 4. The van der Waals surface area contributed by atoms with Crippen molar-refractivity contribution in [2.75, 3.05) is 6.54 Å². The van der Waals surface area contributed by atoms with Gasteiger partial charge in [0.15, 0.2) is 0 Å². The Labute approximate surface area is 149 Å². The van der Waals surface area contributed by atoms with Crippen LogP contribution in [0.5, 0.6) is 0 Å². The molecule has 0 N–H and O–H groups in total. The zero-order valence-corrected chi connectivity index (χ0v) is 15.4. The van der Waals surface area contributed by atoms with Crippen LogP contribution in [0.3, 0.4) is 0 Å². The van der Waals surface area contributed by atoms with Gasteiger partial charge in [-0.15, -0.1) is 10.2 Å². The van der Waals surface area contributed by atoms with Gasteiger partial charge >= 0.3 is 0 Å². The average molecular weight is 341 g/mol. The molecule has 1 aromatic heterocycles. The summed E-state index contributed by atoms with van der Waals surface area (Å²) >= 11 is 0. The molecule has 134 valence electrons. The number of benzene rings is 1. The van der Waals surface area contributed by atoms with Crippen molar-refractivity contribution in [2.45, 2.75) is 58.9 Å². The lowest BCUT2D eigenvalue weighted by molar-refractivity contribution is 0.0661. The van der Waals surface area contributed by atoms with Crippen LogP contribution in [-0.2, 0) is 0 Å². The predicted molar refractivity (Wildman–Crippen MR) is 97.2 cm³/mol. The molecule has 2 heterocycles. The molecule has 1 amide bonds. The van der Waals surface area contributed by atoms with Crippen LogP contribution < -0.4 is 0 Å². The van der Waals surface area contributed by atoms with Gasteiger partial charge in [0, 0.05) is 30.6 Å². The summed E-state index contributed by atoms with van der Waals surface area (Å²) in [6.45, 7) is 7.07. The molecule has 2 aromatic rings. The molecule has 0 bridgehead atoms. The van der Waals surface area contributed by atoms with Crippen molar-refractivity contribution in [3.8, 4) is 11.5 Å². The Bertz CT molecular complexity index is 723. The van der Waals surface area contributed by atoms with E-state index >= 15 is 0 Å². The van der Waals surface area contributed by atoms with Crippen LogP contribution in [0.25, 0.3) is 11.5 Å². The number of nitrogens with zero attached hydrogens (tertiary/aromatic N) is 3. The molecule has 0 spiro atoms. The number of carbonyl (C=O) groups is 1. The Morgan fingerprint density at radius 3 is 2.84 bits per heavy atom. The van der Waals surface area contributed by atoms with Crippen molar-refractivity contribution in [1.29, 1.82) is 0 Å². The molecule has 5 heteroatoms. The number of aromatic nitrogens is 2. The third kappa shape index (κ3) is 4.27. The molecular formula is C20H27N3O2. The summed E-state index contributed by atoms with van der Waals surface area (Å²) < 4.78 is 5.50. The van der Waals surface area contributed by atoms with Crippen LogP contribution in [-0.4, -0.2) is 33.6 Å². The maximum atomic E-state index is 13.2. The second kappa shape index (κ2) is 7.81. The van der Waals surface area contributed by atoms with Gasteiger partial charge in [0.25, 0.3) is 5.91 Å². The first kappa shape index (κ1) is 17.6. The van der Waals surface area contributed by atoms with Crippen LogP contribution >= 0.6 is 0 Å². The smallest absolute Gasteiger partial charge is 0.254 e. The van der Waals surface area contributed by atoms with E-state index in [1.807, 2.05) is 24.3 Å². The molecule has 1 saturated heterocycles. The number of amides is 1. The largest absolute Gasteiger partial charge is 0.421 e. The second-order valence-electron chi connectivity index (χ2n) is 7.34. The maximum Gasteiger partial charge on any atom is 0.254 e. The zero-order valence-electron chi connectivity index (χ0n) is 15.4. The van der Waals surface area contributed by atoms with E-state index in [1.54, 1.807) is 6.92 Å². The van der Waals surface area contributed by atoms with E-state index in [-0.39, 0.29) is 5.91 Å². The van der Waals surface area contributed by atoms with E-state index in [2.05, 4.69) is 28.9 Å². The van der Waals surface area contributed by atoms with Gasteiger partial charge in [-0.3, -0.25) is 4.79 Å². The summed E-state index contributed by atoms with van der Waals surface area (Å²) in [5.74, 6) is 1.69. The molecule has 1 aliphatic rings. The summed E-state index contributed by atoms with van der Waals surface area (Å²) in [7, 11) is 0. The monoisotopic (exact) mass is 341 g/mol. The van der Waals surface area contributed by atoms with Crippen LogP contribution in [0.2, 0.25) is 0 Å². The molecule has 1 aromatic carbocycles. The molecular weight excluding hydrogens is 314 g/mol. The molecule has 1 aliphatic heterocycles. The Morgan fingerprint density at radius 2 is 2.12 bits per heavy atom. The quantitative estimate of drug-likeness (QED) is 0.823. The van der Waals surface area contributed by atoms with Gasteiger partial charge in [-0.1, -0.05) is 32.8 Å². The Hall–Kier alpha value is -2.17. The highest BCUT2D eigenvalue weighted by Crippen LogP contribution is 2.26. The van der Waals surface area contributed by atoms with E-state index < -0.39 is 0 Å². The average Bonchev–Trinajstić information content (AvgIpc) is 2.90. The number of carbonyl (C=O) groups excluding carboxylic acids is 1. The molecule has 0 radical (unpaired) electrons. The SMILES string of the molecule is Cc1nnc(-c2cccc(C(=O)N3CCCCC[C@H]3CC(C)C)c2)o1.